The second-order valence-electron chi connectivity index (χ2n) is 11.5. The zero-order valence-corrected chi connectivity index (χ0v) is 24.2. The lowest BCUT2D eigenvalue weighted by atomic mass is 9.81. The summed E-state index contributed by atoms with van der Waals surface area (Å²) in [5.41, 5.74) is 5.87. The van der Waals surface area contributed by atoms with E-state index in [-0.39, 0.29) is 12.0 Å². The molecule has 39 heavy (non-hydrogen) atoms. The number of halogens is 1. The normalized spacial score (nSPS) is 16.0. The molecule has 7 heteroatoms. The Labute approximate surface area is 236 Å². The SMILES string of the molecule is Cc1cc(C(C[C@H](c2ccc(C3CCN(C(=O)OC(C)(C)C)CC3)cc2)c2ccc(Cl)cc2C)N=O)ccn1. The van der Waals surface area contributed by atoms with Crippen molar-refractivity contribution in [3.05, 3.63) is 104 Å². The van der Waals surface area contributed by atoms with Crippen LogP contribution >= 0.6 is 11.6 Å². The summed E-state index contributed by atoms with van der Waals surface area (Å²) in [7, 11) is 0. The van der Waals surface area contributed by atoms with E-state index in [1.807, 2.05) is 56.9 Å². The van der Waals surface area contributed by atoms with Crippen LogP contribution in [0.25, 0.3) is 0 Å². The highest BCUT2D eigenvalue weighted by Crippen LogP contribution is 2.39. The van der Waals surface area contributed by atoms with Crippen LogP contribution in [0.5, 0.6) is 0 Å². The molecule has 1 aliphatic rings. The minimum atomic E-state index is -0.497. The van der Waals surface area contributed by atoms with Crippen LogP contribution in [0.4, 0.5) is 4.79 Å². The van der Waals surface area contributed by atoms with Gasteiger partial charge in [-0.1, -0.05) is 47.1 Å². The van der Waals surface area contributed by atoms with Gasteiger partial charge in [-0.05, 0) is 112 Å². The first-order chi connectivity index (χ1) is 18.5. The van der Waals surface area contributed by atoms with Crippen LogP contribution in [0.2, 0.25) is 5.02 Å². The Balaban J connectivity index is 1.54. The van der Waals surface area contributed by atoms with Gasteiger partial charge in [-0.2, -0.15) is 4.91 Å². The Morgan fingerprint density at radius 2 is 1.74 bits per heavy atom. The van der Waals surface area contributed by atoms with Crippen LogP contribution < -0.4 is 0 Å². The van der Waals surface area contributed by atoms with E-state index in [9.17, 15) is 9.70 Å². The molecule has 4 rings (SSSR count). The number of hydrogen-bond donors (Lipinski definition) is 0. The maximum Gasteiger partial charge on any atom is 0.410 e. The Kier molecular flexibility index (Phi) is 9.06. The number of carbonyl (C=O) groups excluding carboxylic acids is 1. The number of nitrogens with zero attached hydrogens (tertiary/aromatic N) is 3. The number of hydrogen-bond acceptors (Lipinski definition) is 5. The Morgan fingerprint density at radius 3 is 2.33 bits per heavy atom. The van der Waals surface area contributed by atoms with Crippen molar-refractivity contribution in [2.45, 2.75) is 77.4 Å². The molecular formula is C32H38ClN3O3. The summed E-state index contributed by atoms with van der Waals surface area (Å²) < 4.78 is 5.54. The van der Waals surface area contributed by atoms with Crippen LogP contribution in [-0.2, 0) is 4.74 Å². The number of rotatable bonds is 7. The summed E-state index contributed by atoms with van der Waals surface area (Å²) in [6.45, 7) is 11.0. The van der Waals surface area contributed by atoms with Gasteiger partial charge in [0.25, 0.3) is 0 Å². The van der Waals surface area contributed by atoms with Crippen molar-refractivity contribution < 1.29 is 9.53 Å². The summed E-state index contributed by atoms with van der Waals surface area (Å²) in [4.78, 5) is 30.6. The van der Waals surface area contributed by atoms with Crippen LogP contribution in [0.3, 0.4) is 0 Å². The van der Waals surface area contributed by atoms with Crippen molar-refractivity contribution in [2.75, 3.05) is 13.1 Å². The van der Waals surface area contributed by atoms with E-state index in [4.69, 9.17) is 16.3 Å². The van der Waals surface area contributed by atoms with Gasteiger partial charge in [-0.15, -0.1) is 0 Å². The molecule has 1 aromatic heterocycles. The molecule has 2 aromatic carbocycles. The van der Waals surface area contributed by atoms with E-state index >= 15 is 0 Å². The average molecular weight is 548 g/mol. The van der Waals surface area contributed by atoms with Gasteiger partial charge in [-0.3, -0.25) is 4.98 Å². The van der Waals surface area contributed by atoms with Crippen LogP contribution in [0.1, 0.15) is 91.4 Å². The molecule has 3 aromatic rings. The summed E-state index contributed by atoms with van der Waals surface area (Å²) in [5, 5.41) is 4.22. The quantitative estimate of drug-likeness (QED) is 0.278. The monoisotopic (exact) mass is 547 g/mol. The van der Waals surface area contributed by atoms with Gasteiger partial charge in [0, 0.05) is 35.9 Å². The first kappa shape index (κ1) is 28.8. The van der Waals surface area contributed by atoms with Crippen molar-refractivity contribution in [1.29, 1.82) is 0 Å². The molecule has 0 saturated carbocycles. The first-order valence-corrected chi connectivity index (χ1v) is 14.0. The molecule has 0 spiro atoms. The molecule has 1 aliphatic heterocycles. The molecular weight excluding hydrogens is 510 g/mol. The van der Waals surface area contributed by atoms with Crippen LogP contribution in [0, 0.1) is 18.8 Å². The molecule has 206 valence electrons. The average Bonchev–Trinajstić information content (AvgIpc) is 2.89. The number of benzene rings is 2. The van der Waals surface area contributed by atoms with Crippen molar-refractivity contribution in [1.82, 2.24) is 9.88 Å². The largest absolute Gasteiger partial charge is 0.444 e. The Hall–Kier alpha value is -3.25. The number of carbonyl (C=O) groups is 1. The van der Waals surface area contributed by atoms with Crippen molar-refractivity contribution >= 4 is 17.7 Å². The third-order valence-electron chi connectivity index (χ3n) is 7.46. The number of piperidine rings is 1. The molecule has 2 heterocycles. The minimum absolute atomic E-state index is 0.0264. The molecule has 0 bridgehead atoms. The third-order valence-corrected chi connectivity index (χ3v) is 7.69. The lowest BCUT2D eigenvalue weighted by molar-refractivity contribution is 0.0205. The molecule has 6 nitrogen and oxygen atoms in total. The summed E-state index contributed by atoms with van der Waals surface area (Å²) in [6, 6.07) is 18.0. The highest BCUT2D eigenvalue weighted by Gasteiger charge is 2.28. The second-order valence-corrected chi connectivity index (χ2v) is 12.0. The molecule has 0 radical (unpaired) electrons. The van der Waals surface area contributed by atoms with E-state index in [0.29, 0.717) is 30.5 Å². The van der Waals surface area contributed by atoms with Gasteiger partial charge in [0.05, 0.1) is 0 Å². The predicted molar refractivity (Wildman–Crippen MR) is 156 cm³/mol. The Bertz CT molecular complexity index is 1290. The lowest BCUT2D eigenvalue weighted by Gasteiger charge is -2.33. The number of nitroso groups, excluding NO2 is 1. The van der Waals surface area contributed by atoms with E-state index in [0.717, 1.165) is 40.8 Å². The van der Waals surface area contributed by atoms with Crippen LogP contribution in [0.15, 0.2) is 66.0 Å². The fraction of sp³-hybridized carbons (Fsp3) is 0.438. The smallest absolute Gasteiger partial charge is 0.410 e. The van der Waals surface area contributed by atoms with Gasteiger partial charge >= 0.3 is 6.09 Å². The molecule has 2 atom stereocenters. The highest BCUT2D eigenvalue weighted by molar-refractivity contribution is 6.30. The third kappa shape index (κ3) is 7.45. The zero-order chi connectivity index (χ0) is 28.2. The molecule has 1 amide bonds. The Morgan fingerprint density at radius 1 is 1.05 bits per heavy atom. The number of aryl methyl sites for hydroxylation is 2. The first-order valence-electron chi connectivity index (χ1n) is 13.6. The van der Waals surface area contributed by atoms with Crippen molar-refractivity contribution in [2.24, 2.45) is 5.18 Å². The lowest BCUT2D eigenvalue weighted by Crippen LogP contribution is -2.41. The summed E-state index contributed by atoms with van der Waals surface area (Å²) >= 11 is 6.27. The van der Waals surface area contributed by atoms with Crippen molar-refractivity contribution in [3.8, 4) is 0 Å². The van der Waals surface area contributed by atoms with Crippen molar-refractivity contribution in [3.63, 3.8) is 0 Å². The summed E-state index contributed by atoms with van der Waals surface area (Å²) in [5.74, 6) is 0.360. The van der Waals surface area contributed by atoms with Gasteiger partial charge in [-0.25, -0.2) is 4.79 Å². The minimum Gasteiger partial charge on any atom is -0.444 e. The molecule has 1 fully saturated rings. The number of likely N-dealkylation sites (tertiary alicyclic amines) is 1. The van der Waals surface area contributed by atoms with Crippen LogP contribution in [-0.4, -0.2) is 34.7 Å². The maximum absolute atomic E-state index is 12.5. The van der Waals surface area contributed by atoms with Gasteiger partial charge < -0.3 is 9.64 Å². The molecule has 0 aliphatic carbocycles. The standard InChI is InChI=1S/C32H38ClN3O3/c1-21-18-27(33)10-11-28(21)29(20-30(35-38)26-12-15-34-22(2)19-26)25-8-6-23(7-9-25)24-13-16-36(17-14-24)31(37)39-32(3,4)5/h6-12,15,18-19,24,29-30H,13-14,16-17,20H2,1-5H3/t29-,30?/m1/s1. The topological polar surface area (TPSA) is 71.9 Å². The van der Waals surface area contributed by atoms with E-state index in [1.54, 1.807) is 6.20 Å². The fourth-order valence-electron chi connectivity index (χ4n) is 5.43. The van der Waals surface area contributed by atoms with Gasteiger partial charge in [0.1, 0.15) is 11.6 Å². The van der Waals surface area contributed by atoms with Gasteiger partial charge in [0.15, 0.2) is 0 Å². The summed E-state index contributed by atoms with van der Waals surface area (Å²) in [6.07, 6.45) is 3.84. The number of pyridine rings is 1. The number of ether oxygens (including phenoxy) is 1. The fourth-order valence-corrected chi connectivity index (χ4v) is 5.66. The zero-order valence-electron chi connectivity index (χ0n) is 23.5. The maximum atomic E-state index is 12.5. The molecule has 1 unspecified atom stereocenters. The number of amides is 1. The molecule has 0 N–H and O–H groups in total. The van der Waals surface area contributed by atoms with E-state index < -0.39 is 11.6 Å². The van der Waals surface area contributed by atoms with E-state index in [2.05, 4.69) is 47.4 Å². The highest BCUT2D eigenvalue weighted by atomic mass is 35.5. The second kappa shape index (κ2) is 12.3. The number of aromatic nitrogens is 1. The van der Waals surface area contributed by atoms with Gasteiger partial charge in [0.2, 0.25) is 0 Å². The molecule has 1 saturated heterocycles. The van der Waals surface area contributed by atoms with E-state index in [1.165, 1.54) is 5.56 Å². The predicted octanol–water partition coefficient (Wildman–Crippen LogP) is 8.50.